The molecule has 1 aromatic heterocycles. The second-order valence-corrected chi connectivity index (χ2v) is 7.41. The second-order valence-electron chi connectivity index (χ2n) is 7.41. The normalized spacial score (nSPS) is 12.2. The van der Waals surface area contributed by atoms with Crippen molar-refractivity contribution in [2.75, 3.05) is 13.2 Å². The lowest BCUT2D eigenvalue weighted by molar-refractivity contribution is 0.201. The summed E-state index contributed by atoms with van der Waals surface area (Å²) in [5.74, 6) is 0.771. The van der Waals surface area contributed by atoms with E-state index in [0.29, 0.717) is 6.61 Å². The Bertz CT molecular complexity index is 1110. The van der Waals surface area contributed by atoms with Crippen LogP contribution < -0.4 is 10.1 Å². The number of nitrogens with zero attached hydrogens (tertiary/aromatic N) is 2. The quantitative estimate of drug-likeness (QED) is 0.455. The highest BCUT2D eigenvalue weighted by atomic mass is 16.5. The number of hydrogen-bond donors (Lipinski definition) is 2. The highest BCUT2D eigenvalue weighted by Crippen LogP contribution is 2.26. The molecule has 3 aromatic carbocycles. The fraction of sp³-hybridized carbons (Fsp3) is 0.240. The first-order valence-corrected chi connectivity index (χ1v) is 10.3. The standard InChI is InChI=1S/C25H27N3O2/c1-18(26-16-20-10-12-22(13-11-20)30-15-14-29)24-17-27-28(19(24)2)25-9-5-7-21-6-3-4-8-23(21)25/h3-13,17-18,26,29H,14-16H2,1-2H3/t18-/m0/s1. The highest BCUT2D eigenvalue weighted by Gasteiger charge is 2.15. The van der Waals surface area contributed by atoms with Crippen molar-refractivity contribution in [3.8, 4) is 11.4 Å². The van der Waals surface area contributed by atoms with Crippen LogP contribution in [0.3, 0.4) is 0 Å². The van der Waals surface area contributed by atoms with Crippen LogP contribution >= 0.6 is 0 Å². The molecule has 2 N–H and O–H groups in total. The van der Waals surface area contributed by atoms with E-state index < -0.39 is 0 Å². The fourth-order valence-corrected chi connectivity index (χ4v) is 3.73. The Kier molecular flexibility index (Phi) is 6.12. The Morgan fingerprint density at radius 2 is 1.80 bits per heavy atom. The maximum atomic E-state index is 8.84. The Morgan fingerprint density at radius 1 is 1.03 bits per heavy atom. The van der Waals surface area contributed by atoms with Crippen LogP contribution in [-0.4, -0.2) is 28.1 Å². The van der Waals surface area contributed by atoms with Crippen LogP contribution in [-0.2, 0) is 6.54 Å². The third-order valence-corrected chi connectivity index (χ3v) is 5.40. The first kappa shape index (κ1) is 20.1. The third-order valence-electron chi connectivity index (χ3n) is 5.40. The fourth-order valence-electron chi connectivity index (χ4n) is 3.73. The molecule has 0 spiro atoms. The van der Waals surface area contributed by atoms with Gasteiger partial charge in [0, 0.05) is 29.2 Å². The van der Waals surface area contributed by atoms with Gasteiger partial charge in [0.1, 0.15) is 12.4 Å². The lowest BCUT2D eigenvalue weighted by Gasteiger charge is -2.15. The zero-order chi connectivity index (χ0) is 20.9. The van der Waals surface area contributed by atoms with Crippen LogP contribution in [0.2, 0.25) is 0 Å². The number of benzene rings is 3. The average Bonchev–Trinajstić information content (AvgIpc) is 3.17. The van der Waals surface area contributed by atoms with E-state index in [1.54, 1.807) is 0 Å². The van der Waals surface area contributed by atoms with E-state index in [0.717, 1.165) is 23.7 Å². The zero-order valence-corrected chi connectivity index (χ0v) is 17.4. The van der Waals surface area contributed by atoms with E-state index in [1.165, 1.54) is 21.9 Å². The van der Waals surface area contributed by atoms with Crippen molar-refractivity contribution in [1.82, 2.24) is 15.1 Å². The highest BCUT2D eigenvalue weighted by molar-refractivity contribution is 5.90. The van der Waals surface area contributed by atoms with E-state index in [2.05, 4.69) is 61.6 Å². The van der Waals surface area contributed by atoms with Gasteiger partial charge in [0.05, 0.1) is 18.5 Å². The Morgan fingerprint density at radius 3 is 2.60 bits per heavy atom. The van der Waals surface area contributed by atoms with Gasteiger partial charge in [-0.25, -0.2) is 4.68 Å². The molecule has 1 heterocycles. The predicted molar refractivity (Wildman–Crippen MR) is 120 cm³/mol. The van der Waals surface area contributed by atoms with Crippen molar-refractivity contribution < 1.29 is 9.84 Å². The van der Waals surface area contributed by atoms with Crippen molar-refractivity contribution in [2.24, 2.45) is 0 Å². The van der Waals surface area contributed by atoms with Crippen LogP contribution in [0.15, 0.2) is 72.9 Å². The molecule has 4 aromatic rings. The number of nitrogens with one attached hydrogen (secondary N) is 1. The monoisotopic (exact) mass is 401 g/mol. The summed E-state index contributed by atoms with van der Waals surface area (Å²) in [4.78, 5) is 0. The van der Waals surface area contributed by atoms with Crippen LogP contribution in [0.4, 0.5) is 0 Å². The van der Waals surface area contributed by atoms with Gasteiger partial charge in [-0.1, -0.05) is 48.5 Å². The molecule has 5 heteroatoms. The minimum absolute atomic E-state index is 0.0205. The summed E-state index contributed by atoms with van der Waals surface area (Å²) in [6.45, 7) is 5.37. The molecule has 1 atom stereocenters. The molecular weight excluding hydrogens is 374 g/mol. The van der Waals surface area contributed by atoms with Crippen molar-refractivity contribution >= 4 is 10.8 Å². The molecule has 0 saturated carbocycles. The number of aromatic nitrogens is 2. The van der Waals surface area contributed by atoms with E-state index in [-0.39, 0.29) is 12.6 Å². The van der Waals surface area contributed by atoms with Gasteiger partial charge in [-0.2, -0.15) is 5.10 Å². The van der Waals surface area contributed by atoms with Gasteiger partial charge in [-0.3, -0.25) is 0 Å². The minimum Gasteiger partial charge on any atom is -0.491 e. The van der Waals surface area contributed by atoms with Gasteiger partial charge in [-0.15, -0.1) is 0 Å². The maximum absolute atomic E-state index is 8.84. The summed E-state index contributed by atoms with van der Waals surface area (Å²) in [7, 11) is 0. The summed E-state index contributed by atoms with van der Waals surface area (Å²) in [5.41, 5.74) is 4.60. The van der Waals surface area contributed by atoms with Gasteiger partial charge in [0.2, 0.25) is 0 Å². The third kappa shape index (κ3) is 4.22. The Hall–Kier alpha value is -3.15. The number of ether oxygens (including phenoxy) is 1. The van der Waals surface area contributed by atoms with E-state index in [1.807, 2.05) is 35.1 Å². The molecule has 0 unspecified atom stereocenters. The van der Waals surface area contributed by atoms with E-state index in [9.17, 15) is 0 Å². The van der Waals surface area contributed by atoms with Crippen LogP contribution in [0.1, 0.15) is 29.8 Å². The molecule has 5 nitrogen and oxygen atoms in total. The zero-order valence-electron chi connectivity index (χ0n) is 17.4. The first-order valence-electron chi connectivity index (χ1n) is 10.3. The molecule has 0 bridgehead atoms. The van der Waals surface area contributed by atoms with Crippen LogP contribution in [0, 0.1) is 6.92 Å². The summed E-state index contributed by atoms with van der Waals surface area (Å²) in [5, 5.41) is 19.5. The molecule has 0 aliphatic rings. The van der Waals surface area contributed by atoms with Crippen molar-refractivity contribution in [3.05, 3.63) is 89.7 Å². The summed E-state index contributed by atoms with van der Waals surface area (Å²) in [6.07, 6.45) is 1.96. The molecule has 0 radical (unpaired) electrons. The lowest BCUT2D eigenvalue weighted by Crippen LogP contribution is -2.18. The Balaban J connectivity index is 1.48. The second kappa shape index (κ2) is 9.11. The smallest absolute Gasteiger partial charge is 0.119 e. The number of aliphatic hydroxyl groups excluding tert-OH is 1. The average molecular weight is 402 g/mol. The van der Waals surface area contributed by atoms with Crippen LogP contribution in [0.25, 0.3) is 16.5 Å². The molecule has 0 fully saturated rings. The maximum Gasteiger partial charge on any atom is 0.119 e. The summed E-state index contributed by atoms with van der Waals surface area (Å²) < 4.78 is 7.45. The van der Waals surface area contributed by atoms with Gasteiger partial charge in [0.25, 0.3) is 0 Å². The number of aliphatic hydroxyl groups is 1. The molecule has 0 amide bonds. The van der Waals surface area contributed by atoms with Gasteiger partial charge in [0.15, 0.2) is 0 Å². The minimum atomic E-state index is 0.0205. The topological polar surface area (TPSA) is 59.3 Å². The Labute approximate surface area is 176 Å². The van der Waals surface area contributed by atoms with E-state index in [4.69, 9.17) is 14.9 Å². The molecule has 0 aliphatic carbocycles. The number of rotatable bonds is 8. The molecule has 154 valence electrons. The van der Waals surface area contributed by atoms with Gasteiger partial charge < -0.3 is 15.2 Å². The van der Waals surface area contributed by atoms with Crippen molar-refractivity contribution in [1.29, 1.82) is 0 Å². The number of fused-ring (bicyclic) bond motifs is 1. The molecule has 4 rings (SSSR count). The summed E-state index contributed by atoms with van der Waals surface area (Å²) in [6, 6.07) is 22.8. The largest absolute Gasteiger partial charge is 0.491 e. The molecule has 0 saturated heterocycles. The summed E-state index contributed by atoms with van der Waals surface area (Å²) >= 11 is 0. The van der Waals surface area contributed by atoms with Gasteiger partial charge >= 0.3 is 0 Å². The molecule has 0 aliphatic heterocycles. The molecular formula is C25H27N3O2. The van der Waals surface area contributed by atoms with E-state index >= 15 is 0 Å². The van der Waals surface area contributed by atoms with Crippen LogP contribution in [0.5, 0.6) is 5.75 Å². The van der Waals surface area contributed by atoms with Crippen molar-refractivity contribution in [2.45, 2.75) is 26.4 Å². The SMILES string of the molecule is Cc1c([C@H](C)NCc2ccc(OCCO)cc2)cnn1-c1cccc2ccccc12. The number of hydrogen-bond acceptors (Lipinski definition) is 4. The molecule has 30 heavy (non-hydrogen) atoms. The van der Waals surface area contributed by atoms with Crippen molar-refractivity contribution in [3.63, 3.8) is 0 Å². The van der Waals surface area contributed by atoms with Gasteiger partial charge in [-0.05, 0) is 43.0 Å². The predicted octanol–water partition coefficient (Wildman–Crippen LogP) is 4.56. The lowest BCUT2D eigenvalue weighted by atomic mass is 10.1. The first-order chi connectivity index (χ1) is 14.7.